The number of aromatic nitrogens is 3. The number of nitrogens with zero attached hydrogens (tertiary/aromatic N) is 3. The van der Waals surface area contributed by atoms with Crippen LogP contribution in [0.2, 0.25) is 0 Å². The Morgan fingerprint density at radius 3 is 2.92 bits per heavy atom. The van der Waals surface area contributed by atoms with Gasteiger partial charge in [0.15, 0.2) is 0 Å². The Morgan fingerprint density at radius 2 is 2.17 bits per heavy atom. The van der Waals surface area contributed by atoms with Crippen molar-refractivity contribution in [2.75, 3.05) is 0 Å². The van der Waals surface area contributed by atoms with Crippen molar-refractivity contribution in [3.63, 3.8) is 0 Å². The molecule has 3 nitrogen and oxygen atoms in total. The van der Waals surface area contributed by atoms with Crippen LogP contribution < -0.4 is 0 Å². The molecule has 2 rings (SSSR count). The van der Waals surface area contributed by atoms with Gasteiger partial charge in [0, 0.05) is 18.1 Å². The van der Waals surface area contributed by atoms with Crippen molar-refractivity contribution in [1.29, 1.82) is 0 Å². The fourth-order valence-corrected chi connectivity index (χ4v) is 1.44. The third-order valence-corrected chi connectivity index (χ3v) is 2.33. The zero-order chi connectivity index (χ0) is 8.72. The summed E-state index contributed by atoms with van der Waals surface area (Å²) in [4.78, 5) is 8.45. The minimum atomic E-state index is 0.758. The molecular weight excluding hydrogens is 218 g/mol. The number of hydrogen-bond donors (Lipinski definition) is 0. The van der Waals surface area contributed by atoms with Crippen molar-refractivity contribution in [3.8, 4) is 0 Å². The largest absolute Gasteiger partial charge is 0.287 e. The lowest BCUT2D eigenvalue weighted by atomic mass is 10.4. The van der Waals surface area contributed by atoms with Crippen LogP contribution in [0.1, 0.15) is 11.4 Å². The zero-order valence-electron chi connectivity index (χ0n) is 6.87. The molecule has 0 aromatic carbocycles. The van der Waals surface area contributed by atoms with Crippen molar-refractivity contribution in [1.82, 2.24) is 14.4 Å². The first-order chi connectivity index (χ1) is 5.68. The third-order valence-electron chi connectivity index (χ3n) is 1.92. The van der Waals surface area contributed by atoms with Gasteiger partial charge in [-0.3, -0.25) is 4.40 Å². The minimum Gasteiger partial charge on any atom is -0.287 e. The molecule has 0 saturated carbocycles. The van der Waals surface area contributed by atoms with E-state index in [1.165, 1.54) is 0 Å². The molecule has 0 aliphatic heterocycles. The number of rotatable bonds is 0. The standard InChI is InChI=1S/C8H8BrN3/c1-5-6(2)12-4-7(9)3-10-8(12)11-5/h3-4H,1-2H3. The number of imidazole rings is 1. The maximum absolute atomic E-state index is 4.28. The molecule has 2 aromatic rings. The molecule has 0 amide bonds. The fraction of sp³-hybridized carbons (Fsp3) is 0.250. The molecule has 0 bridgehead atoms. The van der Waals surface area contributed by atoms with Crippen molar-refractivity contribution in [2.45, 2.75) is 13.8 Å². The molecule has 62 valence electrons. The van der Waals surface area contributed by atoms with Gasteiger partial charge in [-0.1, -0.05) is 0 Å². The van der Waals surface area contributed by atoms with Gasteiger partial charge in [0.2, 0.25) is 5.78 Å². The van der Waals surface area contributed by atoms with Crippen LogP contribution in [0.4, 0.5) is 0 Å². The van der Waals surface area contributed by atoms with Crippen molar-refractivity contribution in [2.24, 2.45) is 0 Å². The molecule has 0 aliphatic carbocycles. The average molecular weight is 226 g/mol. The van der Waals surface area contributed by atoms with E-state index in [9.17, 15) is 0 Å². The van der Waals surface area contributed by atoms with Gasteiger partial charge in [-0.2, -0.15) is 0 Å². The Kier molecular flexibility index (Phi) is 1.65. The van der Waals surface area contributed by atoms with Gasteiger partial charge in [0.1, 0.15) is 0 Å². The van der Waals surface area contributed by atoms with Crippen molar-refractivity contribution < 1.29 is 0 Å². The summed E-state index contributed by atoms with van der Waals surface area (Å²) in [7, 11) is 0. The smallest absolute Gasteiger partial charge is 0.234 e. The van der Waals surface area contributed by atoms with Gasteiger partial charge in [-0.05, 0) is 29.8 Å². The lowest BCUT2D eigenvalue weighted by molar-refractivity contribution is 1.05. The van der Waals surface area contributed by atoms with Crippen LogP contribution >= 0.6 is 15.9 Å². The molecule has 0 saturated heterocycles. The van der Waals surface area contributed by atoms with Crippen molar-refractivity contribution >= 4 is 21.7 Å². The Labute approximate surface area is 78.6 Å². The lowest BCUT2D eigenvalue weighted by Crippen LogP contribution is -1.89. The quantitative estimate of drug-likeness (QED) is 0.688. The fourth-order valence-electron chi connectivity index (χ4n) is 1.13. The summed E-state index contributed by atoms with van der Waals surface area (Å²) < 4.78 is 2.94. The first-order valence-electron chi connectivity index (χ1n) is 3.65. The van der Waals surface area contributed by atoms with Gasteiger partial charge >= 0.3 is 0 Å². The second-order valence-electron chi connectivity index (χ2n) is 2.72. The first kappa shape index (κ1) is 7.73. The number of halogens is 1. The second-order valence-corrected chi connectivity index (χ2v) is 3.64. The van der Waals surface area contributed by atoms with Crippen LogP contribution in [0.15, 0.2) is 16.9 Å². The van der Waals surface area contributed by atoms with Gasteiger partial charge in [-0.15, -0.1) is 0 Å². The molecule has 0 radical (unpaired) electrons. The van der Waals surface area contributed by atoms with Gasteiger partial charge in [0.05, 0.1) is 10.2 Å². The highest BCUT2D eigenvalue weighted by Gasteiger charge is 2.04. The normalized spacial score (nSPS) is 10.9. The number of hydrogen-bond acceptors (Lipinski definition) is 2. The Balaban J connectivity index is 2.88. The summed E-state index contributed by atoms with van der Waals surface area (Å²) >= 11 is 3.36. The molecule has 0 N–H and O–H groups in total. The van der Waals surface area contributed by atoms with E-state index in [2.05, 4.69) is 25.9 Å². The summed E-state index contributed by atoms with van der Waals surface area (Å²) in [6.07, 6.45) is 3.72. The minimum absolute atomic E-state index is 0.758. The van der Waals surface area contributed by atoms with Crippen molar-refractivity contribution in [3.05, 3.63) is 28.3 Å². The van der Waals surface area contributed by atoms with Crippen LogP contribution in [0.5, 0.6) is 0 Å². The second kappa shape index (κ2) is 2.55. The summed E-state index contributed by atoms with van der Waals surface area (Å²) in [5.41, 5.74) is 2.17. The molecule has 2 heterocycles. The monoisotopic (exact) mass is 225 g/mol. The Bertz CT molecular complexity index is 433. The van der Waals surface area contributed by atoms with Crippen LogP contribution in [0.25, 0.3) is 5.78 Å². The molecule has 0 atom stereocenters. The summed E-state index contributed by atoms with van der Waals surface area (Å²) in [5.74, 6) is 0.758. The van der Waals surface area contributed by atoms with Crippen LogP contribution in [0.3, 0.4) is 0 Å². The molecule has 0 spiro atoms. The predicted molar refractivity (Wildman–Crippen MR) is 50.2 cm³/mol. The highest BCUT2D eigenvalue weighted by atomic mass is 79.9. The Hall–Kier alpha value is -0.900. The average Bonchev–Trinajstić information content (AvgIpc) is 2.31. The van der Waals surface area contributed by atoms with E-state index in [1.54, 1.807) is 6.20 Å². The maximum Gasteiger partial charge on any atom is 0.234 e. The topological polar surface area (TPSA) is 30.2 Å². The van der Waals surface area contributed by atoms with Crippen LogP contribution in [0, 0.1) is 13.8 Å². The summed E-state index contributed by atoms with van der Waals surface area (Å²) in [6, 6.07) is 0. The van der Waals surface area contributed by atoms with E-state index in [4.69, 9.17) is 0 Å². The zero-order valence-corrected chi connectivity index (χ0v) is 8.46. The molecule has 0 aliphatic rings. The predicted octanol–water partition coefficient (Wildman–Crippen LogP) is 2.11. The lowest BCUT2D eigenvalue weighted by Gasteiger charge is -1.95. The van der Waals surface area contributed by atoms with Gasteiger partial charge < -0.3 is 0 Å². The van der Waals surface area contributed by atoms with E-state index in [1.807, 2.05) is 24.4 Å². The van der Waals surface area contributed by atoms with Gasteiger partial charge in [-0.25, -0.2) is 9.97 Å². The third kappa shape index (κ3) is 1.03. The molecule has 0 unspecified atom stereocenters. The Morgan fingerprint density at radius 1 is 1.42 bits per heavy atom. The molecule has 4 heteroatoms. The molecule has 0 fully saturated rings. The van der Waals surface area contributed by atoms with Crippen LogP contribution in [-0.2, 0) is 0 Å². The highest BCUT2D eigenvalue weighted by Crippen LogP contribution is 2.12. The van der Waals surface area contributed by atoms with E-state index in [0.717, 1.165) is 21.6 Å². The van der Waals surface area contributed by atoms with E-state index < -0.39 is 0 Å². The molecular formula is C8H8BrN3. The number of fused-ring (bicyclic) bond motifs is 1. The summed E-state index contributed by atoms with van der Waals surface area (Å²) in [5, 5.41) is 0. The van der Waals surface area contributed by atoms with Crippen LogP contribution in [-0.4, -0.2) is 14.4 Å². The van der Waals surface area contributed by atoms with Gasteiger partial charge in [0.25, 0.3) is 0 Å². The first-order valence-corrected chi connectivity index (χ1v) is 4.44. The summed E-state index contributed by atoms with van der Waals surface area (Å²) in [6.45, 7) is 4.02. The molecule has 2 aromatic heterocycles. The van der Waals surface area contributed by atoms with E-state index >= 15 is 0 Å². The number of aryl methyl sites for hydroxylation is 2. The maximum atomic E-state index is 4.28. The van der Waals surface area contributed by atoms with E-state index in [0.29, 0.717) is 0 Å². The highest BCUT2D eigenvalue weighted by molar-refractivity contribution is 9.10. The van der Waals surface area contributed by atoms with E-state index in [-0.39, 0.29) is 0 Å². The SMILES string of the molecule is Cc1nc2ncc(Br)cn2c1C. The molecule has 12 heavy (non-hydrogen) atoms.